The summed E-state index contributed by atoms with van der Waals surface area (Å²) in [7, 11) is -7.71. The second-order valence-corrected chi connectivity index (χ2v) is 14.8. The highest BCUT2D eigenvalue weighted by molar-refractivity contribution is 7.92. The number of carboxylic acid groups (broad SMARTS) is 1. The third-order valence-corrected chi connectivity index (χ3v) is 10.7. The number of hydrogen-bond acceptors (Lipinski definition) is 6. The molecule has 0 saturated heterocycles. The maximum Gasteiger partial charge on any atom is 0.333 e. The zero-order chi connectivity index (χ0) is 28.9. The number of carbonyl (C=O) groups is 1. The highest BCUT2D eigenvalue weighted by atomic mass is 32.2. The van der Waals surface area contributed by atoms with Crippen LogP contribution < -0.4 is 0 Å². The maximum absolute atomic E-state index is 13.3. The predicted molar refractivity (Wildman–Crippen MR) is 156 cm³/mol. The standard InChI is InChI=1S/C28H57O8PS/c1-5-8-10-12-13-14-15-16-18-20-23-38(33,34)27(21-19-17-11-9-6-2)25(4)36-26(28(29)30)24-37(31,32)35-22-7-3/h25-27H,5-24H2,1-4H3,(H,29,30)(H,31,32). The number of aliphatic carboxylic acids is 1. The zero-order valence-corrected chi connectivity index (χ0v) is 26.3. The molecule has 0 aliphatic rings. The molecule has 0 aliphatic carbocycles. The minimum absolute atomic E-state index is 0.0310. The van der Waals surface area contributed by atoms with E-state index in [-0.39, 0.29) is 12.4 Å². The second-order valence-electron chi connectivity index (χ2n) is 10.6. The van der Waals surface area contributed by atoms with E-state index in [4.69, 9.17) is 9.26 Å². The highest BCUT2D eigenvalue weighted by Crippen LogP contribution is 2.43. The topological polar surface area (TPSA) is 127 Å². The Morgan fingerprint density at radius 1 is 0.789 bits per heavy atom. The van der Waals surface area contributed by atoms with E-state index in [9.17, 15) is 27.8 Å². The van der Waals surface area contributed by atoms with Gasteiger partial charge in [-0.2, -0.15) is 0 Å². The van der Waals surface area contributed by atoms with Crippen LogP contribution in [0.3, 0.4) is 0 Å². The van der Waals surface area contributed by atoms with Crippen molar-refractivity contribution in [2.75, 3.05) is 18.5 Å². The fourth-order valence-corrected chi connectivity index (χ4v) is 7.94. The number of unbranched alkanes of at least 4 members (excludes halogenated alkanes) is 13. The molecule has 0 heterocycles. The molecule has 0 spiro atoms. The molecule has 38 heavy (non-hydrogen) atoms. The van der Waals surface area contributed by atoms with Gasteiger partial charge in [-0.25, -0.2) is 13.2 Å². The van der Waals surface area contributed by atoms with Crippen molar-refractivity contribution in [1.82, 2.24) is 0 Å². The number of carboxylic acids is 1. The van der Waals surface area contributed by atoms with Gasteiger partial charge in [-0.1, -0.05) is 111 Å². The van der Waals surface area contributed by atoms with Gasteiger partial charge in [0.2, 0.25) is 0 Å². The van der Waals surface area contributed by atoms with E-state index in [1.807, 2.05) is 0 Å². The Hall–Kier alpha value is -0.470. The smallest absolute Gasteiger partial charge is 0.333 e. The SMILES string of the molecule is CCCCCCCCCCCCS(=O)(=O)C(CCCCCCC)C(C)OC(CP(=O)(O)OCCC)C(=O)O. The molecule has 2 N–H and O–H groups in total. The Labute approximate surface area is 233 Å². The average molecular weight is 585 g/mol. The van der Waals surface area contributed by atoms with E-state index in [0.717, 1.165) is 44.9 Å². The minimum atomic E-state index is -4.17. The zero-order valence-electron chi connectivity index (χ0n) is 24.6. The van der Waals surface area contributed by atoms with Gasteiger partial charge in [0.25, 0.3) is 0 Å². The first-order chi connectivity index (χ1) is 18.0. The second kappa shape index (κ2) is 22.2. The first-order valence-electron chi connectivity index (χ1n) is 15.1. The highest BCUT2D eigenvalue weighted by Gasteiger charge is 2.37. The molecule has 0 aliphatic heterocycles. The Morgan fingerprint density at radius 3 is 1.74 bits per heavy atom. The first kappa shape index (κ1) is 37.5. The van der Waals surface area contributed by atoms with Crippen molar-refractivity contribution in [3.63, 3.8) is 0 Å². The molecule has 0 saturated carbocycles. The van der Waals surface area contributed by atoms with Crippen LogP contribution in [0.5, 0.6) is 0 Å². The summed E-state index contributed by atoms with van der Waals surface area (Å²) in [6, 6.07) is 0. The normalized spacial score (nSPS) is 16.1. The van der Waals surface area contributed by atoms with Crippen LogP contribution in [-0.4, -0.2) is 60.4 Å². The largest absolute Gasteiger partial charge is 0.479 e. The van der Waals surface area contributed by atoms with Gasteiger partial charge in [0.05, 0.1) is 29.9 Å². The molecule has 4 atom stereocenters. The molecule has 0 rings (SSSR count). The molecule has 0 aromatic carbocycles. The van der Waals surface area contributed by atoms with Crippen LogP contribution in [0.2, 0.25) is 0 Å². The summed E-state index contributed by atoms with van der Waals surface area (Å²) >= 11 is 0. The van der Waals surface area contributed by atoms with Gasteiger partial charge in [-0.15, -0.1) is 0 Å². The van der Waals surface area contributed by atoms with E-state index >= 15 is 0 Å². The fourth-order valence-electron chi connectivity index (χ4n) is 4.62. The molecule has 0 radical (unpaired) electrons. The van der Waals surface area contributed by atoms with Gasteiger partial charge in [0.1, 0.15) is 0 Å². The van der Waals surface area contributed by atoms with E-state index in [1.165, 1.54) is 38.5 Å². The maximum atomic E-state index is 13.3. The lowest BCUT2D eigenvalue weighted by Crippen LogP contribution is -2.41. The van der Waals surface area contributed by atoms with Crippen LogP contribution in [0.15, 0.2) is 0 Å². The molecular weight excluding hydrogens is 527 g/mol. The van der Waals surface area contributed by atoms with Gasteiger partial charge in [-0.3, -0.25) is 4.57 Å². The molecular formula is C28H57O8PS. The van der Waals surface area contributed by atoms with Crippen LogP contribution in [0, 0.1) is 0 Å². The molecule has 0 fully saturated rings. The molecule has 8 nitrogen and oxygen atoms in total. The summed E-state index contributed by atoms with van der Waals surface area (Å²) in [5.41, 5.74) is 0. The van der Waals surface area contributed by atoms with Crippen molar-refractivity contribution in [3.05, 3.63) is 0 Å². The van der Waals surface area contributed by atoms with E-state index in [2.05, 4.69) is 13.8 Å². The Morgan fingerprint density at radius 2 is 1.26 bits per heavy atom. The number of ether oxygens (including phenoxy) is 1. The monoisotopic (exact) mass is 584 g/mol. The van der Waals surface area contributed by atoms with Gasteiger partial charge >= 0.3 is 13.6 Å². The van der Waals surface area contributed by atoms with Crippen molar-refractivity contribution in [1.29, 1.82) is 0 Å². The lowest BCUT2D eigenvalue weighted by atomic mass is 10.1. The van der Waals surface area contributed by atoms with Crippen LogP contribution in [0.25, 0.3) is 0 Å². The van der Waals surface area contributed by atoms with Crippen molar-refractivity contribution < 1.29 is 37.0 Å². The van der Waals surface area contributed by atoms with E-state index in [0.29, 0.717) is 25.7 Å². The summed E-state index contributed by atoms with van der Waals surface area (Å²) in [5.74, 6) is -1.35. The third-order valence-electron chi connectivity index (χ3n) is 6.91. The van der Waals surface area contributed by atoms with Crippen LogP contribution >= 0.6 is 7.60 Å². The van der Waals surface area contributed by atoms with Crippen molar-refractivity contribution in [2.45, 2.75) is 154 Å². The van der Waals surface area contributed by atoms with Crippen molar-refractivity contribution >= 4 is 23.4 Å². The molecule has 4 unspecified atom stereocenters. The summed E-state index contributed by atoms with van der Waals surface area (Å²) in [4.78, 5) is 21.8. The number of sulfone groups is 1. The molecule has 0 amide bonds. The van der Waals surface area contributed by atoms with Gasteiger partial charge < -0.3 is 19.3 Å². The number of rotatable bonds is 27. The van der Waals surface area contributed by atoms with Gasteiger partial charge in [-0.05, 0) is 26.2 Å². The van der Waals surface area contributed by atoms with Crippen molar-refractivity contribution in [3.8, 4) is 0 Å². The lowest BCUT2D eigenvalue weighted by Gasteiger charge is -2.28. The summed E-state index contributed by atoms with van der Waals surface area (Å²) in [6.45, 7) is 7.70. The predicted octanol–water partition coefficient (Wildman–Crippen LogP) is 7.52. The van der Waals surface area contributed by atoms with Gasteiger partial charge in [0.15, 0.2) is 15.9 Å². The van der Waals surface area contributed by atoms with Crippen LogP contribution in [0.4, 0.5) is 0 Å². The third kappa shape index (κ3) is 18.8. The summed E-state index contributed by atoms with van der Waals surface area (Å²) in [6.07, 6.45) is 13.6. The molecule has 0 aromatic rings. The Bertz CT molecular complexity index is 743. The number of hydrogen-bond donors (Lipinski definition) is 2. The van der Waals surface area contributed by atoms with Crippen molar-refractivity contribution in [2.24, 2.45) is 0 Å². The quantitative estimate of drug-likeness (QED) is 0.0749. The van der Waals surface area contributed by atoms with E-state index in [1.54, 1.807) is 13.8 Å². The lowest BCUT2D eigenvalue weighted by molar-refractivity contribution is -0.152. The summed E-state index contributed by atoms with van der Waals surface area (Å²) < 4.78 is 49.6. The molecule has 0 aromatic heterocycles. The molecule has 10 heteroatoms. The first-order valence-corrected chi connectivity index (χ1v) is 18.5. The van der Waals surface area contributed by atoms with E-state index < -0.39 is 47.0 Å². The molecule has 0 bridgehead atoms. The Kier molecular flexibility index (Phi) is 22.0. The Balaban J connectivity index is 5.04. The van der Waals surface area contributed by atoms with Gasteiger partial charge in [0, 0.05) is 0 Å². The minimum Gasteiger partial charge on any atom is -0.479 e. The summed E-state index contributed by atoms with van der Waals surface area (Å²) in [5, 5.41) is 8.76. The molecule has 228 valence electrons. The average Bonchev–Trinajstić information content (AvgIpc) is 2.85. The van der Waals surface area contributed by atoms with Crippen LogP contribution in [-0.2, 0) is 28.5 Å². The van der Waals surface area contributed by atoms with Crippen LogP contribution in [0.1, 0.15) is 137 Å². The fraction of sp³-hybridized carbons (Fsp3) is 0.964.